The van der Waals surface area contributed by atoms with Crippen LogP contribution in [0.1, 0.15) is 16.8 Å². The van der Waals surface area contributed by atoms with Crippen LogP contribution in [0.15, 0.2) is 29.1 Å². The highest BCUT2D eigenvalue weighted by atomic mass is 32.2. The number of thioether (sulfide) groups is 1. The Hall–Kier alpha value is -1.76. The van der Waals surface area contributed by atoms with E-state index in [9.17, 15) is 18.0 Å². The summed E-state index contributed by atoms with van der Waals surface area (Å²) in [6.07, 6.45) is -4.37. The quantitative estimate of drug-likeness (QED) is 0.879. The third kappa shape index (κ3) is 2.33. The van der Waals surface area contributed by atoms with Crippen LogP contribution in [-0.4, -0.2) is 9.97 Å². The summed E-state index contributed by atoms with van der Waals surface area (Å²) in [6.45, 7) is 0. The first-order valence-corrected chi connectivity index (χ1v) is 6.98. The van der Waals surface area contributed by atoms with Crippen molar-refractivity contribution in [2.75, 3.05) is 0 Å². The third-order valence-electron chi connectivity index (χ3n) is 3.07. The average molecular weight is 298 g/mol. The predicted molar refractivity (Wildman–Crippen MR) is 70.3 cm³/mol. The molecule has 0 unspecified atom stereocenters. The zero-order valence-electron chi connectivity index (χ0n) is 10.1. The highest BCUT2D eigenvalue weighted by molar-refractivity contribution is 7.98. The number of benzene rings is 1. The number of fused-ring (bicyclic) bond motifs is 1. The summed E-state index contributed by atoms with van der Waals surface area (Å²) >= 11 is 1.60. The van der Waals surface area contributed by atoms with Crippen molar-refractivity contribution in [1.29, 1.82) is 0 Å². The van der Waals surface area contributed by atoms with Crippen molar-refractivity contribution in [2.45, 2.75) is 17.7 Å². The summed E-state index contributed by atoms with van der Waals surface area (Å²) in [6, 6.07) is 4.60. The van der Waals surface area contributed by atoms with Crippen LogP contribution in [0.25, 0.3) is 11.4 Å². The van der Waals surface area contributed by atoms with E-state index < -0.39 is 11.7 Å². The molecule has 0 amide bonds. The normalized spacial score (nSPS) is 14.3. The predicted octanol–water partition coefficient (Wildman–Crippen LogP) is 3.20. The minimum absolute atomic E-state index is 0.213. The van der Waals surface area contributed by atoms with Crippen molar-refractivity contribution in [3.8, 4) is 11.4 Å². The molecule has 0 bridgehead atoms. The molecule has 1 aromatic heterocycles. The maximum Gasteiger partial charge on any atom is 0.416 e. The van der Waals surface area contributed by atoms with Crippen LogP contribution in [0.4, 0.5) is 13.2 Å². The van der Waals surface area contributed by atoms with E-state index in [-0.39, 0.29) is 5.56 Å². The number of nitrogens with zero attached hydrogens (tertiary/aromatic N) is 1. The van der Waals surface area contributed by atoms with Crippen LogP contribution in [-0.2, 0) is 17.7 Å². The Morgan fingerprint density at radius 3 is 2.50 bits per heavy atom. The largest absolute Gasteiger partial charge is 0.416 e. The summed E-state index contributed by atoms with van der Waals surface area (Å²) in [7, 11) is 0. The maximum atomic E-state index is 12.5. The Labute approximate surface area is 116 Å². The summed E-state index contributed by atoms with van der Waals surface area (Å²) in [5.74, 6) is 1.60. The number of aromatic amines is 1. The molecule has 7 heteroatoms. The van der Waals surface area contributed by atoms with Crippen molar-refractivity contribution >= 4 is 11.8 Å². The fourth-order valence-corrected chi connectivity index (χ4v) is 3.05. The van der Waals surface area contributed by atoms with Crippen molar-refractivity contribution < 1.29 is 13.2 Å². The standard InChI is InChI=1S/C13H9F3N2OS/c14-13(15,16)8-3-1-7(2-4-8)11-17-10-6-20-5-9(10)12(19)18-11/h1-4H,5-6H2,(H,17,18,19). The molecule has 0 radical (unpaired) electrons. The van der Waals surface area contributed by atoms with Gasteiger partial charge in [-0.15, -0.1) is 0 Å². The fraction of sp³-hybridized carbons (Fsp3) is 0.231. The molecule has 104 valence electrons. The molecule has 0 fully saturated rings. The van der Waals surface area contributed by atoms with Gasteiger partial charge in [0.1, 0.15) is 5.82 Å². The molecular weight excluding hydrogens is 289 g/mol. The van der Waals surface area contributed by atoms with Gasteiger partial charge in [0, 0.05) is 22.6 Å². The molecule has 0 aliphatic carbocycles. The lowest BCUT2D eigenvalue weighted by molar-refractivity contribution is -0.137. The first kappa shape index (κ1) is 13.2. The van der Waals surface area contributed by atoms with Gasteiger partial charge in [-0.2, -0.15) is 24.9 Å². The van der Waals surface area contributed by atoms with Gasteiger partial charge in [-0.25, -0.2) is 4.98 Å². The molecule has 2 heterocycles. The van der Waals surface area contributed by atoms with Crippen LogP contribution >= 0.6 is 11.8 Å². The van der Waals surface area contributed by atoms with Gasteiger partial charge in [-0.1, -0.05) is 12.1 Å². The number of nitrogens with one attached hydrogen (secondary N) is 1. The van der Waals surface area contributed by atoms with Gasteiger partial charge in [0.2, 0.25) is 0 Å². The first-order chi connectivity index (χ1) is 9.45. The Morgan fingerprint density at radius 1 is 1.15 bits per heavy atom. The summed E-state index contributed by atoms with van der Waals surface area (Å²) in [5, 5.41) is 0. The Morgan fingerprint density at radius 2 is 1.85 bits per heavy atom. The highest BCUT2D eigenvalue weighted by Crippen LogP contribution is 2.31. The number of H-pyrrole nitrogens is 1. The van der Waals surface area contributed by atoms with Gasteiger partial charge in [0.25, 0.3) is 5.56 Å². The molecule has 2 aromatic rings. The number of hydrogen-bond donors (Lipinski definition) is 1. The molecule has 3 nitrogen and oxygen atoms in total. The van der Waals surface area contributed by atoms with E-state index in [1.54, 1.807) is 11.8 Å². The number of hydrogen-bond acceptors (Lipinski definition) is 3. The van der Waals surface area contributed by atoms with Gasteiger partial charge < -0.3 is 4.98 Å². The zero-order valence-corrected chi connectivity index (χ0v) is 10.9. The van der Waals surface area contributed by atoms with E-state index >= 15 is 0 Å². The second kappa shape index (κ2) is 4.66. The molecule has 0 spiro atoms. The maximum absolute atomic E-state index is 12.5. The number of alkyl halides is 3. The molecule has 20 heavy (non-hydrogen) atoms. The van der Waals surface area contributed by atoms with Crippen LogP contribution in [0.2, 0.25) is 0 Å². The van der Waals surface area contributed by atoms with E-state index in [0.717, 1.165) is 12.1 Å². The smallest absolute Gasteiger partial charge is 0.306 e. The minimum Gasteiger partial charge on any atom is -0.306 e. The van der Waals surface area contributed by atoms with Crippen LogP contribution in [0.5, 0.6) is 0 Å². The molecule has 0 saturated carbocycles. The van der Waals surface area contributed by atoms with Crippen LogP contribution < -0.4 is 5.56 Å². The van der Waals surface area contributed by atoms with E-state index in [4.69, 9.17) is 0 Å². The summed E-state index contributed by atoms with van der Waals surface area (Å²) < 4.78 is 37.5. The Bertz CT molecular complexity index is 707. The second-order valence-corrected chi connectivity index (χ2v) is 5.39. The third-order valence-corrected chi connectivity index (χ3v) is 4.04. The monoisotopic (exact) mass is 298 g/mol. The van der Waals surface area contributed by atoms with Gasteiger partial charge in [0.05, 0.1) is 11.3 Å². The van der Waals surface area contributed by atoms with Gasteiger partial charge in [-0.05, 0) is 12.1 Å². The molecule has 1 N–H and O–H groups in total. The average Bonchev–Trinajstić information content (AvgIpc) is 2.86. The lowest BCUT2D eigenvalue weighted by Gasteiger charge is -2.08. The minimum atomic E-state index is -4.37. The fourth-order valence-electron chi connectivity index (χ4n) is 2.02. The lowest BCUT2D eigenvalue weighted by Crippen LogP contribution is -2.15. The molecule has 0 atom stereocenters. The van der Waals surface area contributed by atoms with Crippen LogP contribution in [0.3, 0.4) is 0 Å². The molecule has 0 saturated heterocycles. The van der Waals surface area contributed by atoms with Gasteiger partial charge in [-0.3, -0.25) is 4.79 Å². The van der Waals surface area contributed by atoms with Crippen molar-refractivity contribution in [3.05, 3.63) is 51.4 Å². The molecule has 1 aliphatic rings. The number of rotatable bonds is 1. The zero-order chi connectivity index (χ0) is 14.3. The molecule has 1 aromatic carbocycles. The highest BCUT2D eigenvalue weighted by Gasteiger charge is 2.30. The van der Waals surface area contributed by atoms with E-state index in [1.807, 2.05) is 0 Å². The van der Waals surface area contributed by atoms with E-state index in [1.165, 1.54) is 12.1 Å². The van der Waals surface area contributed by atoms with Gasteiger partial charge >= 0.3 is 6.18 Å². The van der Waals surface area contributed by atoms with Crippen LogP contribution in [0, 0.1) is 0 Å². The topological polar surface area (TPSA) is 45.8 Å². The molecule has 1 aliphatic heterocycles. The van der Waals surface area contributed by atoms with E-state index in [2.05, 4.69) is 9.97 Å². The van der Waals surface area contributed by atoms with Crippen molar-refractivity contribution in [3.63, 3.8) is 0 Å². The van der Waals surface area contributed by atoms with E-state index in [0.29, 0.717) is 34.2 Å². The number of aromatic nitrogens is 2. The Kier molecular flexibility index (Phi) is 3.08. The SMILES string of the molecule is O=c1[nH]c(-c2ccc(C(F)(F)F)cc2)nc2c1CSC2. The Balaban J connectivity index is 2.02. The second-order valence-electron chi connectivity index (χ2n) is 4.41. The van der Waals surface area contributed by atoms with Crippen molar-refractivity contribution in [2.24, 2.45) is 0 Å². The van der Waals surface area contributed by atoms with Crippen molar-refractivity contribution in [1.82, 2.24) is 9.97 Å². The summed E-state index contributed by atoms with van der Waals surface area (Å²) in [4.78, 5) is 18.8. The molecule has 3 rings (SSSR count). The summed E-state index contributed by atoms with van der Waals surface area (Å²) in [5.41, 5.74) is 0.907. The first-order valence-electron chi connectivity index (χ1n) is 5.82. The molecular formula is C13H9F3N2OS. The van der Waals surface area contributed by atoms with Gasteiger partial charge in [0.15, 0.2) is 0 Å². The number of halogens is 3. The lowest BCUT2D eigenvalue weighted by atomic mass is 10.1.